The van der Waals surface area contributed by atoms with E-state index in [9.17, 15) is 0 Å². The number of aliphatic imine (C=N–C) groups is 1. The number of halogens is 1. The monoisotopic (exact) mass is 401 g/mol. The molecule has 1 aromatic rings. The van der Waals surface area contributed by atoms with Crippen molar-refractivity contribution in [1.29, 1.82) is 0 Å². The highest BCUT2D eigenvalue weighted by Gasteiger charge is 2.13. The molecule has 116 valence electrons. The Bertz CT molecular complexity index is 495. The molecule has 2 rings (SSSR count). The summed E-state index contributed by atoms with van der Waals surface area (Å²) in [5.74, 6) is 1.50. The lowest BCUT2D eigenvalue weighted by molar-refractivity contribution is 0.919. The first-order valence-electron chi connectivity index (χ1n) is 7.03. The SMILES string of the molecule is C=C(C)CNC(N)=NCc1ccnc(N2CCCC2)c1.I. The molecule has 0 amide bonds. The van der Waals surface area contributed by atoms with Gasteiger partial charge in [-0.25, -0.2) is 9.98 Å². The smallest absolute Gasteiger partial charge is 0.189 e. The summed E-state index contributed by atoms with van der Waals surface area (Å²) < 4.78 is 0. The molecule has 0 unspecified atom stereocenters. The topological polar surface area (TPSA) is 66.5 Å². The fourth-order valence-corrected chi connectivity index (χ4v) is 2.15. The highest BCUT2D eigenvalue weighted by molar-refractivity contribution is 14.0. The van der Waals surface area contributed by atoms with Gasteiger partial charge in [-0.1, -0.05) is 12.2 Å². The second kappa shape index (κ2) is 8.86. The van der Waals surface area contributed by atoms with E-state index in [1.165, 1.54) is 12.8 Å². The second-order valence-corrected chi connectivity index (χ2v) is 5.23. The van der Waals surface area contributed by atoms with Gasteiger partial charge in [0.2, 0.25) is 0 Å². The second-order valence-electron chi connectivity index (χ2n) is 5.23. The van der Waals surface area contributed by atoms with Crippen LogP contribution in [0.5, 0.6) is 0 Å². The number of nitrogens with zero attached hydrogens (tertiary/aromatic N) is 3. The van der Waals surface area contributed by atoms with Crippen LogP contribution < -0.4 is 16.0 Å². The van der Waals surface area contributed by atoms with Crippen molar-refractivity contribution >= 4 is 35.8 Å². The molecule has 5 nitrogen and oxygen atoms in total. The van der Waals surface area contributed by atoms with Gasteiger partial charge in [0.15, 0.2) is 5.96 Å². The molecule has 21 heavy (non-hydrogen) atoms. The number of guanidine groups is 1. The van der Waals surface area contributed by atoms with Crippen LogP contribution in [0.4, 0.5) is 5.82 Å². The van der Waals surface area contributed by atoms with Gasteiger partial charge in [0.05, 0.1) is 6.54 Å². The molecule has 0 aromatic carbocycles. The van der Waals surface area contributed by atoms with E-state index in [2.05, 4.69) is 32.8 Å². The Morgan fingerprint density at radius 2 is 2.19 bits per heavy atom. The third-order valence-corrected chi connectivity index (χ3v) is 3.24. The fraction of sp³-hybridized carbons (Fsp3) is 0.467. The maximum atomic E-state index is 5.80. The predicted molar refractivity (Wildman–Crippen MR) is 99.2 cm³/mol. The van der Waals surface area contributed by atoms with E-state index >= 15 is 0 Å². The first-order chi connectivity index (χ1) is 9.65. The minimum absolute atomic E-state index is 0. The minimum Gasteiger partial charge on any atom is -0.370 e. The zero-order valence-corrected chi connectivity index (χ0v) is 14.8. The first-order valence-corrected chi connectivity index (χ1v) is 7.03. The van der Waals surface area contributed by atoms with Crippen molar-refractivity contribution in [3.63, 3.8) is 0 Å². The number of aromatic nitrogens is 1. The van der Waals surface area contributed by atoms with E-state index in [4.69, 9.17) is 5.73 Å². The molecule has 3 N–H and O–H groups in total. The van der Waals surface area contributed by atoms with E-state index in [0.29, 0.717) is 19.0 Å². The zero-order chi connectivity index (χ0) is 14.4. The Balaban J connectivity index is 0.00000220. The molecule has 0 atom stereocenters. The van der Waals surface area contributed by atoms with Crippen molar-refractivity contribution in [3.05, 3.63) is 36.0 Å². The molecule has 0 radical (unpaired) electrons. The van der Waals surface area contributed by atoms with Crippen LogP contribution >= 0.6 is 24.0 Å². The Morgan fingerprint density at radius 1 is 1.48 bits per heavy atom. The van der Waals surface area contributed by atoms with Crippen LogP contribution in [0.25, 0.3) is 0 Å². The molecule has 2 heterocycles. The van der Waals surface area contributed by atoms with Gasteiger partial charge in [-0.15, -0.1) is 24.0 Å². The molecule has 1 aliphatic heterocycles. The van der Waals surface area contributed by atoms with Crippen LogP contribution in [-0.4, -0.2) is 30.6 Å². The zero-order valence-electron chi connectivity index (χ0n) is 12.5. The van der Waals surface area contributed by atoms with E-state index < -0.39 is 0 Å². The van der Waals surface area contributed by atoms with Crippen LogP contribution in [0.15, 0.2) is 35.5 Å². The number of hydrogen-bond donors (Lipinski definition) is 2. The molecule has 0 spiro atoms. The van der Waals surface area contributed by atoms with Gasteiger partial charge < -0.3 is 16.0 Å². The van der Waals surface area contributed by atoms with Crippen molar-refractivity contribution in [2.75, 3.05) is 24.5 Å². The Kier molecular flexibility index (Phi) is 7.49. The van der Waals surface area contributed by atoms with Crippen molar-refractivity contribution < 1.29 is 0 Å². The molecule has 0 aliphatic carbocycles. The molecule has 1 saturated heterocycles. The van der Waals surface area contributed by atoms with Gasteiger partial charge in [0.1, 0.15) is 5.82 Å². The number of rotatable bonds is 5. The summed E-state index contributed by atoms with van der Waals surface area (Å²) in [4.78, 5) is 11.1. The lowest BCUT2D eigenvalue weighted by Gasteiger charge is -2.16. The largest absolute Gasteiger partial charge is 0.370 e. The van der Waals surface area contributed by atoms with Gasteiger partial charge in [-0.2, -0.15) is 0 Å². The van der Waals surface area contributed by atoms with Gasteiger partial charge in [-0.05, 0) is 37.5 Å². The summed E-state index contributed by atoms with van der Waals surface area (Å²) in [6.07, 6.45) is 4.35. The quantitative estimate of drug-likeness (QED) is 0.344. The fourth-order valence-electron chi connectivity index (χ4n) is 2.15. The first kappa shape index (κ1) is 17.7. The van der Waals surface area contributed by atoms with E-state index in [-0.39, 0.29) is 24.0 Å². The number of nitrogens with one attached hydrogen (secondary N) is 1. The molecule has 1 aromatic heterocycles. The molecule has 1 fully saturated rings. The maximum absolute atomic E-state index is 5.80. The number of anilines is 1. The third kappa shape index (κ3) is 5.91. The Hall–Kier alpha value is -1.31. The number of pyridine rings is 1. The molecular formula is C15H24IN5. The number of nitrogens with two attached hydrogens (primary N) is 1. The van der Waals surface area contributed by atoms with Crippen molar-refractivity contribution in [1.82, 2.24) is 10.3 Å². The summed E-state index contributed by atoms with van der Waals surface area (Å²) in [6.45, 7) is 9.19. The summed E-state index contributed by atoms with van der Waals surface area (Å²) in [7, 11) is 0. The normalized spacial score (nSPS) is 14.7. The standard InChI is InChI=1S/C15H23N5.HI/c1-12(2)10-18-15(16)19-11-13-5-6-17-14(9-13)20-7-3-4-8-20;/h5-6,9H,1,3-4,7-8,10-11H2,2H3,(H3,16,18,19);1H. The van der Waals surface area contributed by atoms with Crippen LogP contribution in [-0.2, 0) is 6.54 Å². The van der Waals surface area contributed by atoms with Crippen LogP contribution in [0, 0.1) is 0 Å². The number of hydrogen-bond acceptors (Lipinski definition) is 3. The van der Waals surface area contributed by atoms with E-state index in [1.807, 2.05) is 19.2 Å². The van der Waals surface area contributed by atoms with Gasteiger partial charge in [-0.3, -0.25) is 0 Å². The summed E-state index contributed by atoms with van der Waals surface area (Å²) in [5, 5.41) is 3.02. The van der Waals surface area contributed by atoms with Gasteiger partial charge in [0, 0.05) is 25.8 Å². The molecular weight excluding hydrogens is 377 g/mol. The Labute approximate surface area is 143 Å². The lowest BCUT2D eigenvalue weighted by Crippen LogP contribution is -2.32. The van der Waals surface area contributed by atoms with Crippen molar-refractivity contribution in [2.45, 2.75) is 26.3 Å². The highest BCUT2D eigenvalue weighted by atomic mass is 127. The predicted octanol–water partition coefficient (Wildman–Crippen LogP) is 2.28. The molecule has 0 saturated carbocycles. The van der Waals surface area contributed by atoms with Crippen LogP contribution in [0.3, 0.4) is 0 Å². The Morgan fingerprint density at radius 3 is 2.86 bits per heavy atom. The van der Waals surface area contributed by atoms with Crippen molar-refractivity contribution in [2.24, 2.45) is 10.7 Å². The van der Waals surface area contributed by atoms with E-state index in [0.717, 1.165) is 30.0 Å². The van der Waals surface area contributed by atoms with Crippen LogP contribution in [0.1, 0.15) is 25.3 Å². The molecule has 0 bridgehead atoms. The van der Waals surface area contributed by atoms with Gasteiger partial charge >= 0.3 is 0 Å². The summed E-state index contributed by atoms with van der Waals surface area (Å²) in [6, 6.07) is 4.08. The summed E-state index contributed by atoms with van der Waals surface area (Å²) >= 11 is 0. The molecule has 6 heteroatoms. The maximum Gasteiger partial charge on any atom is 0.189 e. The third-order valence-electron chi connectivity index (χ3n) is 3.24. The highest BCUT2D eigenvalue weighted by Crippen LogP contribution is 2.18. The average molecular weight is 401 g/mol. The van der Waals surface area contributed by atoms with Gasteiger partial charge in [0.25, 0.3) is 0 Å². The summed E-state index contributed by atoms with van der Waals surface area (Å²) in [5.41, 5.74) is 7.96. The average Bonchev–Trinajstić information content (AvgIpc) is 2.97. The minimum atomic E-state index is 0. The van der Waals surface area contributed by atoms with Crippen LogP contribution in [0.2, 0.25) is 0 Å². The van der Waals surface area contributed by atoms with E-state index in [1.54, 1.807) is 0 Å². The molecule has 1 aliphatic rings. The van der Waals surface area contributed by atoms with Crippen molar-refractivity contribution in [3.8, 4) is 0 Å². The lowest BCUT2D eigenvalue weighted by atomic mass is 10.2.